The number of nitrogens with zero attached hydrogens (tertiary/aromatic N) is 1. The molecule has 2 heterocycles. The predicted molar refractivity (Wildman–Crippen MR) is 79.7 cm³/mol. The maximum Gasteiger partial charge on any atom is 0.165 e. The molecule has 0 aromatic heterocycles. The van der Waals surface area contributed by atoms with Crippen LogP contribution in [0.15, 0.2) is 24.3 Å². The van der Waals surface area contributed by atoms with Gasteiger partial charge in [0.05, 0.1) is 11.5 Å². The van der Waals surface area contributed by atoms with Gasteiger partial charge in [-0.05, 0) is 31.6 Å². The Kier molecular flexibility index (Phi) is 2.81. The van der Waals surface area contributed by atoms with Crippen LogP contribution in [0.1, 0.15) is 24.0 Å². The van der Waals surface area contributed by atoms with E-state index in [1.165, 1.54) is 11.1 Å². The normalized spacial score (nSPS) is 34.0. The predicted octanol–water partition coefficient (Wildman–Crippen LogP) is 2.20. The summed E-state index contributed by atoms with van der Waals surface area (Å²) < 4.78 is 11.7. The average Bonchev–Trinajstić information content (AvgIpc) is 2.76. The van der Waals surface area contributed by atoms with Crippen LogP contribution in [0.25, 0.3) is 0 Å². The molecular formula is C17H21NO3. The van der Waals surface area contributed by atoms with Crippen molar-refractivity contribution in [1.82, 2.24) is 4.90 Å². The Morgan fingerprint density at radius 3 is 3.10 bits per heavy atom. The minimum absolute atomic E-state index is 0.0565. The maximum atomic E-state index is 10.2. The van der Waals surface area contributed by atoms with Gasteiger partial charge in [0.1, 0.15) is 6.10 Å². The summed E-state index contributed by atoms with van der Waals surface area (Å²) in [5, 5.41) is 10.2. The molecule has 1 aliphatic carbocycles. The van der Waals surface area contributed by atoms with Gasteiger partial charge in [-0.15, -0.1) is 0 Å². The second-order valence-corrected chi connectivity index (χ2v) is 6.45. The van der Waals surface area contributed by atoms with E-state index in [0.29, 0.717) is 5.75 Å². The molecular weight excluding hydrogens is 266 g/mol. The molecule has 0 bridgehead atoms. The first-order valence-corrected chi connectivity index (χ1v) is 7.57. The Morgan fingerprint density at radius 2 is 2.29 bits per heavy atom. The number of phenolic OH excluding ortho intramolecular Hbond substituents is 1. The van der Waals surface area contributed by atoms with E-state index < -0.39 is 0 Å². The summed E-state index contributed by atoms with van der Waals surface area (Å²) in [5.41, 5.74) is 2.36. The Hall–Kier alpha value is -1.52. The van der Waals surface area contributed by atoms with Gasteiger partial charge < -0.3 is 19.5 Å². The van der Waals surface area contributed by atoms with Gasteiger partial charge in [-0.3, -0.25) is 0 Å². The third kappa shape index (κ3) is 1.75. The smallest absolute Gasteiger partial charge is 0.165 e. The van der Waals surface area contributed by atoms with E-state index in [1.54, 1.807) is 13.2 Å². The van der Waals surface area contributed by atoms with Gasteiger partial charge in [0.25, 0.3) is 0 Å². The molecule has 2 unspecified atom stereocenters. The number of rotatable bonds is 1. The van der Waals surface area contributed by atoms with Crippen molar-refractivity contribution in [3.8, 4) is 11.5 Å². The number of benzene rings is 1. The number of ether oxygens (including phenoxy) is 2. The fraction of sp³-hybridized carbons (Fsp3) is 0.529. The number of methoxy groups -OCH3 is 1. The van der Waals surface area contributed by atoms with E-state index >= 15 is 0 Å². The number of aromatic hydroxyl groups is 1. The van der Waals surface area contributed by atoms with Gasteiger partial charge in [-0.2, -0.15) is 0 Å². The molecule has 0 fully saturated rings. The van der Waals surface area contributed by atoms with Gasteiger partial charge in [0, 0.05) is 25.6 Å². The molecule has 112 valence electrons. The van der Waals surface area contributed by atoms with Crippen LogP contribution in [-0.4, -0.2) is 42.9 Å². The van der Waals surface area contributed by atoms with Crippen LogP contribution in [0.2, 0.25) is 0 Å². The van der Waals surface area contributed by atoms with Crippen molar-refractivity contribution in [3.63, 3.8) is 0 Å². The maximum absolute atomic E-state index is 10.2. The lowest BCUT2D eigenvalue weighted by Crippen LogP contribution is -2.43. The lowest BCUT2D eigenvalue weighted by atomic mass is 9.69. The number of phenols is 1. The second kappa shape index (κ2) is 4.49. The zero-order valence-corrected chi connectivity index (χ0v) is 12.5. The fourth-order valence-electron chi connectivity index (χ4n) is 4.09. The van der Waals surface area contributed by atoms with E-state index in [1.807, 2.05) is 6.07 Å². The van der Waals surface area contributed by atoms with Crippen LogP contribution in [0, 0.1) is 0 Å². The first-order valence-electron chi connectivity index (χ1n) is 7.57. The first-order chi connectivity index (χ1) is 10.1. The molecule has 0 radical (unpaired) electrons. The van der Waals surface area contributed by atoms with Gasteiger partial charge >= 0.3 is 0 Å². The zero-order valence-electron chi connectivity index (χ0n) is 12.5. The van der Waals surface area contributed by atoms with Crippen LogP contribution >= 0.6 is 0 Å². The fourth-order valence-corrected chi connectivity index (χ4v) is 4.09. The van der Waals surface area contributed by atoms with Crippen LogP contribution in [0.3, 0.4) is 0 Å². The molecule has 0 amide bonds. The summed E-state index contributed by atoms with van der Waals surface area (Å²) in [7, 11) is 3.89. The molecule has 3 aliphatic rings. The van der Waals surface area contributed by atoms with Gasteiger partial charge in [0.2, 0.25) is 0 Å². The molecule has 2 aliphatic heterocycles. The summed E-state index contributed by atoms with van der Waals surface area (Å²) in [5.74, 6) is 0.948. The van der Waals surface area contributed by atoms with Crippen molar-refractivity contribution in [2.24, 2.45) is 0 Å². The standard InChI is InChI=1S/C17H21NO3/c1-18-8-7-17-6-5-12(20-2)9-14(17)21-16-13(19)4-3-11(10-18)15(16)17/h3-6,12,14,19H,7-10H2,1-2H3/t12?,14?,17-/m0/s1. The first kappa shape index (κ1) is 13.2. The molecule has 3 atom stereocenters. The second-order valence-electron chi connectivity index (χ2n) is 6.45. The topological polar surface area (TPSA) is 41.9 Å². The molecule has 1 aromatic rings. The van der Waals surface area contributed by atoms with Crippen molar-refractivity contribution < 1.29 is 14.6 Å². The SMILES string of the molecule is COC1C=C[C@@]23CCN(C)Cc4ccc(O)c(c42)OC3C1. The summed E-state index contributed by atoms with van der Waals surface area (Å²) in [4.78, 5) is 2.34. The Morgan fingerprint density at radius 1 is 1.43 bits per heavy atom. The lowest BCUT2D eigenvalue weighted by Gasteiger charge is -2.36. The summed E-state index contributed by atoms with van der Waals surface area (Å²) in [6, 6.07) is 3.80. The molecule has 21 heavy (non-hydrogen) atoms. The van der Waals surface area contributed by atoms with Crippen molar-refractivity contribution >= 4 is 0 Å². The molecule has 4 heteroatoms. The third-order valence-electron chi connectivity index (χ3n) is 5.23. The van der Waals surface area contributed by atoms with Crippen molar-refractivity contribution in [2.45, 2.75) is 37.0 Å². The highest BCUT2D eigenvalue weighted by atomic mass is 16.5. The van der Waals surface area contributed by atoms with Gasteiger partial charge in [-0.25, -0.2) is 0 Å². The van der Waals surface area contributed by atoms with Crippen LogP contribution < -0.4 is 4.74 Å². The van der Waals surface area contributed by atoms with Gasteiger partial charge in [-0.1, -0.05) is 18.2 Å². The van der Waals surface area contributed by atoms with E-state index in [9.17, 15) is 5.11 Å². The average molecular weight is 287 g/mol. The number of hydrogen-bond donors (Lipinski definition) is 1. The van der Waals surface area contributed by atoms with Crippen LogP contribution in [0.4, 0.5) is 0 Å². The van der Waals surface area contributed by atoms with Crippen molar-refractivity contribution in [3.05, 3.63) is 35.4 Å². The molecule has 1 N–H and O–H groups in total. The van der Waals surface area contributed by atoms with Gasteiger partial charge in [0.15, 0.2) is 11.5 Å². The summed E-state index contributed by atoms with van der Waals surface area (Å²) in [6.45, 7) is 1.93. The Bertz CT molecular complexity index is 612. The van der Waals surface area contributed by atoms with Crippen molar-refractivity contribution in [1.29, 1.82) is 0 Å². The highest BCUT2D eigenvalue weighted by Crippen LogP contribution is 2.55. The number of hydrogen-bond acceptors (Lipinski definition) is 4. The molecule has 1 aromatic carbocycles. The van der Waals surface area contributed by atoms with E-state index in [4.69, 9.17) is 9.47 Å². The Balaban J connectivity index is 1.91. The molecule has 4 rings (SSSR count). The lowest BCUT2D eigenvalue weighted by molar-refractivity contribution is 0.0551. The molecule has 1 spiro atoms. The molecule has 0 saturated heterocycles. The van der Waals surface area contributed by atoms with Crippen LogP contribution in [-0.2, 0) is 16.7 Å². The largest absolute Gasteiger partial charge is 0.504 e. The quantitative estimate of drug-likeness (QED) is 0.804. The van der Waals surface area contributed by atoms with Crippen LogP contribution in [0.5, 0.6) is 11.5 Å². The third-order valence-corrected chi connectivity index (χ3v) is 5.23. The molecule has 4 nitrogen and oxygen atoms in total. The van der Waals surface area contributed by atoms with E-state index in [2.05, 4.69) is 24.1 Å². The highest BCUT2D eigenvalue weighted by Gasteiger charge is 2.52. The monoisotopic (exact) mass is 287 g/mol. The van der Waals surface area contributed by atoms with E-state index in [0.717, 1.165) is 25.9 Å². The molecule has 0 saturated carbocycles. The minimum atomic E-state index is -0.108. The minimum Gasteiger partial charge on any atom is -0.504 e. The summed E-state index contributed by atoms with van der Waals surface area (Å²) >= 11 is 0. The highest BCUT2D eigenvalue weighted by molar-refractivity contribution is 5.60. The Labute approximate surface area is 125 Å². The summed E-state index contributed by atoms with van der Waals surface area (Å²) in [6.07, 6.45) is 6.44. The van der Waals surface area contributed by atoms with E-state index in [-0.39, 0.29) is 23.4 Å². The zero-order chi connectivity index (χ0) is 14.6. The van der Waals surface area contributed by atoms with Crippen molar-refractivity contribution in [2.75, 3.05) is 20.7 Å².